The maximum atomic E-state index is 13.1. The monoisotopic (exact) mass is 1160 g/mol. The van der Waals surface area contributed by atoms with Crippen LogP contribution in [-0.2, 0) is 66.5 Å². The first-order valence-corrected chi connectivity index (χ1v) is 24.8. The van der Waals surface area contributed by atoms with Crippen LogP contribution in [0.2, 0.25) is 0 Å². The van der Waals surface area contributed by atoms with Crippen molar-refractivity contribution in [2.75, 3.05) is 39.6 Å². The highest BCUT2D eigenvalue weighted by atomic mass is 16.8. The number of carbonyl (C=O) groups excluding carboxylic acids is 2. The van der Waals surface area contributed by atoms with E-state index in [4.69, 9.17) is 52.1 Å². The van der Waals surface area contributed by atoms with Crippen molar-refractivity contribution in [3.8, 4) is 0 Å². The number of aliphatic hydroxyl groups excluding tert-OH is 19. The molecule has 22 N–H and O–H groups in total. The van der Waals surface area contributed by atoms with Gasteiger partial charge in [0.2, 0.25) is 11.8 Å². The molecule has 31 atom stereocenters. The van der Waals surface area contributed by atoms with Crippen molar-refractivity contribution in [2.45, 2.75) is 210 Å². The molecule has 0 spiro atoms. The Hall–Kier alpha value is -2.79. The summed E-state index contributed by atoms with van der Waals surface area (Å²) in [6.07, 6.45) is -58.6. The van der Waals surface area contributed by atoms with Gasteiger partial charge in [-0.1, -0.05) is 0 Å². The Kier molecular flexibility index (Phi) is 22.9. The van der Waals surface area contributed by atoms with Crippen LogP contribution >= 0.6 is 0 Å². The molecule has 79 heavy (non-hydrogen) atoms. The number of carbonyl (C=O) groups is 3. The third-order valence-electron chi connectivity index (χ3n) is 14.2. The highest BCUT2D eigenvalue weighted by molar-refractivity contribution is 5.76. The lowest BCUT2D eigenvalue weighted by Gasteiger charge is -2.51. The molecule has 0 aromatic carbocycles. The topological polar surface area (TPSA) is 581 Å². The van der Waals surface area contributed by atoms with Gasteiger partial charge in [0, 0.05) is 20.3 Å². The second-order valence-electron chi connectivity index (χ2n) is 19.7. The predicted molar refractivity (Wildman–Crippen MR) is 240 cm³/mol. The average Bonchev–Trinajstić information content (AvgIpc) is 3.54. The van der Waals surface area contributed by atoms with Crippen molar-refractivity contribution >= 4 is 17.8 Å². The fourth-order valence-corrected chi connectivity index (χ4v) is 10.0. The number of hydrogen-bond donors (Lipinski definition) is 22. The molecule has 36 nitrogen and oxygen atoms in total. The van der Waals surface area contributed by atoms with Crippen LogP contribution in [0.4, 0.5) is 0 Å². The summed E-state index contributed by atoms with van der Waals surface area (Å²) >= 11 is 0. The summed E-state index contributed by atoms with van der Waals surface area (Å²) in [6, 6.07) is -3.60. The van der Waals surface area contributed by atoms with E-state index < -0.39 is 254 Å². The Balaban J connectivity index is 1.25. The molecule has 6 fully saturated rings. The molecule has 6 rings (SSSR count). The van der Waals surface area contributed by atoms with E-state index in [1.54, 1.807) is 0 Å². The van der Waals surface area contributed by atoms with E-state index in [2.05, 4.69) is 10.6 Å². The Morgan fingerprint density at radius 1 is 0.494 bits per heavy atom. The molecule has 6 saturated heterocycles. The van der Waals surface area contributed by atoms with E-state index >= 15 is 0 Å². The highest BCUT2D eigenvalue weighted by Crippen LogP contribution is 2.40. The summed E-state index contributed by atoms with van der Waals surface area (Å²) in [5.74, 6) is -7.11. The van der Waals surface area contributed by atoms with Gasteiger partial charge in [0.1, 0.15) is 140 Å². The van der Waals surface area contributed by atoms with E-state index in [1.165, 1.54) is 0 Å². The number of carboxylic acids is 1. The van der Waals surface area contributed by atoms with Crippen molar-refractivity contribution in [1.29, 1.82) is 0 Å². The summed E-state index contributed by atoms with van der Waals surface area (Å²) in [5, 5.41) is 219. The first-order chi connectivity index (χ1) is 37.2. The van der Waals surface area contributed by atoms with Gasteiger partial charge in [-0.05, 0) is 0 Å². The molecule has 6 heterocycles. The predicted octanol–water partition coefficient (Wildman–Crippen LogP) is -14.6. The number of ether oxygens (including phenoxy) is 11. The molecule has 458 valence electrons. The number of aliphatic hydroxyl groups is 19. The number of carboxylic acid groups (broad SMARTS) is 1. The molecular weight excluding hydrogens is 1090 g/mol. The van der Waals surface area contributed by atoms with Gasteiger partial charge >= 0.3 is 5.97 Å². The van der Waals surface area contributed by atoms with Crippen molar-refractivity contribution in [3.05, 3.63) is 0 Å². The van der Waals surface area contributed by atoms with E-state index in [1.807, 2.05) is 0 Å². The molecule has 0 aromatic rings. The molecule has 6 aliphatic heterocycles. The fourth-order valence-electron chi connectivity index (χ4n) is 10.0. The number of nitrogens with one attached hydrogen (secondary N) is 2. The lowest BCUT2D eigenvalue weighted by Crippen LogP contribution is -2.71. The Bertz CT molecular complexity index is 1970. The molecule has 2 amide bonds. The highest BCUT2D eigenvalue weighted by Gasteiger charge is 2.61. The Labute approximate surface area is 446 Å². The molecule has 0 saturated carbocycles. The van der Waals surface area contributed by atoms with Crippen LogP contribution in [0.1, 0.15) is 20.3 Å². The van der Waals surface area contributed by atoms with Crippen LogP contribution in [-0.4, -0.2) is 349 Å². The Morgan fingerprint density at radius 3 is 1.39 bits per heavy atom. The number of aliphatic carboxylic acids is 1. The van der Waals surface area contributed by atoms with Crippen LogP contribution in [0.5, 0.6) is 0 Å². The first-order valence-electron chi connectivity index (χ1n) is 24.8. The number of rotatable bonds is 21. The second-order valence-corrected chi connectivity index (χ2v) is 19.7. The quantitative estimate of drug-likeness (QED) is 0.0507. The molecular formula is C43H72N2O34. The molecule has 36 heteroatoms. The number of amides is 2. The molecule has 0 aliphatic carbocycles. The molecule has 0 aromatic heterocycles. The van der Waals surface area contributed by atoms with Gasteiger partial charge in [-0.15, -0.1) is 0 Å². The minimum Gasteiger partial charge on any atom is -0.477 e. The summed E-state index contributed by atoms with van der Waals surface area (Å²) in [7, 11) is 0. The van der Waals surface area contributed by atoms with E-state index in [0.717, 1.165) is 13.8 Å². The summed E-state index contributed by atoms with van der Waals surface area (Å²) in [6.45, 7) is -4.53. The maximum Gasteiger partial charge on any atom is 0.364 e. The van der Waals surface area contributed by atoms with E-state index in [9.17, 15) is 117 Å². The lowest BCUT2D eigenvalue weighted by atomic mass is 9.88. The maximum absolute atomic E-state index is 13.1. The van der Waals surface area contributed by atoms with Gasteiger partial charge < -0.3 is 165 Å². The van der Waals surface area contributed by atoms with Crippen molar-refractivity contribution < 1.29 is 169 Å². The standard InChI is InChI=1S/C43H72N2O34/c1-10(52)44-19-12(54)3-43(42(67)68,78-34(19)21(56)13(55)4-46)79-36-24(59)16(7-49)72-41(30(36)65)76-33-20(45-11(2)53)38(70-14(5-47)22(33)57)77-35-23(58)15(6-48)71-40(29(35)64)75-32-18(9-51)73-39(28(63)26(32)61)74-31-17(8-50)69-37(66)27(62)25(31)60/h12-41,46-51,54-66H,3-9H2,1-2H3,(H,44,52)(H,45,53)(H,67,68)/t12-,13+,14+,15+,16+,17+,18+,19+,20+,21+,22-,23-,24-,25+,26+,27+,28+,29+,30+,31+,32-,33+,34+,35-,36-,37+,38-,39-,40-,41-,43-/m0/s1. The van der Waals surface area contributed by atoms with Crippen LogP contribution in [0.15, 0.2) is 0 Å². The van der Waals surface area contributed by atoms with Crippen molar-refractivity contribution in [3.63, 3.8) is 0 Å². The largest absolute Gasteiger partial charge is 0.477 e. The molecule has 0 bridgehead atoms. The minimum atomic E-state index is -3.23. The summed E-state index contributed by atoms with van der Waals surface area (Å²) in [5.41, 5.74) is 0. The second kappa shape index (κ2) is 27.7. The van der Waals surface area contributed by atoms with Gasteiger partial charge in [0.05, 0.1) is 51.8 Å². The van der Waals surface area contributed by atoms with Crippen LogP contribution in [0, 0.1) is 0 Å². The zero-order valence-corrected chi connectivity index (χ0v) is 41.9. The molecule has 0 radical (unpaired) electrons. The van der Waals surface area contributed by atoms with Gasteiger partial charge in [0.25, 0.3) is 5.79 Å². The van der Waals surface area contributed by atoms with Crippen LogP contribution in [0.25, 0.3) is 0 Å². The first kappa shape index (κ1) is 65.4. The van der Waals surface area contributed by atoms with Crippen LogP contribution in [0.3, 0.4) is 0 Å². The smallest absolute Gasteiger partial charge is 0.364 e. The average molecular weight is 1160 g/mol. The zero-order chi connectivity index (χ0) is 58.7. The fraction of sp³-hybridized carbons (Fsp3) is 0.930. The normalized spacial score (nSPS) is 47.7. The molecule has 6 aliphatic rings. The third-order valence-corrected chi connectivity index (χ3v) is 14.2. The van der Waals surface area contributed by atoms with Crippen molar-refractivity contribution in [1.82, 2.24) is 10.6 Å². The third kappa shape index (κ3) is 13.9. The minimum absolute atomic E-state index is 0.836. The van der Waals surface area contributed by atoms with Gasteiger partial charge in [-0.25, -0.2) is 4.79 Å². The van der Waals surface area contributed by atoms with Gasteiger partial charge in [-0.2, -0.15) is 0 Å². The van der Waals surface area contributed by atoms with E-state index in [-0.39, 0.29) is 0 Å². The van der Waals surface area contributed by atoms with Crippen LogP contribution < -0.4 is 10.6 Å². The van der Waals surface area contributed by atoms with Gasteiger partial charge in [0.15, 0.2) is 31.5 Å². The zero-order valence-electron chi connectivity index (χ0n) is 41.9. The van der Waals surface area contributed by atoms with E-state index in [0.29, 0.717) is 0 Å². The number of hydrogen-bond acceptors (Lipinski definition) is 33. The van der Waals surface area contributed by atoms with Gasteiger partial charge in [-0.3, -0.25) is 9.59 Å². The Morgan fingerprint density at radius 2 is 0.899 bits per heavy atom. The van der Waals surface area contributed by atoms with Crippen molar-refractivity contribution in [2.24, 2.45) is 0 Å². The SMILES string of the molecule is CC(=O)N[C@H]1[C@H](O[C@H]2[C@@H](O)[C@@H](CO)O[C@@H](O[C@@H]3[C@H](O)[C@@H](O)[C@H](O[C@H]4[C@H](O)[C@@H](O)[C@H](O)O[C@@H]4CO)O[C@@H]3CO)[C@@H]2O)O[C@H](CO)[C@H](O)[C@@H]1O[C@@H]1O[C@H](CO)[C@H](O)[C@H](O[C@]2(C(=O)O)C[C@H](O)[C@@H](NC(C)=O)[C@H]([C@H](O)[C@H](O)CO)O2)[C@H]1O. The summed E-state index contributed by atoms with van der Waals surface area (Å²) in [4.78, 5) is 38.0. The lowest BCUT2D eigenvalue weighted by molar-refractivity contribution is -0.392. The molecule has 0 unspecified atom stereocenters. The summed E-state index contributed by atoms with van der Waals surface area (Å²) < 4.78 is 62.2.